The molecule has 0 aliphatic heterocycles. The van der Waals surface area contributed by atoms with Gasteiger partial charge < -0.3 is 9.55 Å². The molecule has 0 saturated heterocycles. The van der Waals surface area contributed by atoms with Crippen LogP contribution in [0, 0.1) is 6.92 Å². The number of hydrogen-bond acceptors (Lipinski definition) is 5. The first kappa shape index (κ1) is 12.6. The number of nitrogens with zero attached hydrogens (tertiary/aromatic N) is 5. The fourth-order valence-corrected chi connectivity index (χ4v) is 3.89. The van der Waals surface area contributed by atoms with Crippen molar-refractivity contribution in [2.45, 2.75) is 54.7 Å². The van der Waals surface area contributed by atoms with Gasteiger partial charge in [0.1, 0.15) is 22.3 Å². The molecular weight excluding hydrogens is 296 g/mol. The van der Waals surface area contributed by atoms with E-state index in [9.17, 15) is 0 Å². The lowest BCUT2D eigenvalue weighted by molar-refractivity contribution is 0.626. The van der Waals surface area contributed by atoms with Crippen molar-refractivity contribution in [1.29, 1.82) is 0 Å². The molecule has 2 aliphatic rings. The summed E-state index contributed by atoms with van der Waals surface area (Å²) in [5.74, 6) is 2.58. The quantitative estimate of drug-likeness (QED) is 0.749. The minimum Gasteiger partial charge on any atom is -0.346 e. The molecule has 2 fully saturated rings. The van der Waals surface area contributed by atoms with Crippen molar-refractivity contribution in [2.24, 2.45) is 0 Å². The molecule has 0 amide bonds. The Morgan fingerprint density at radius 3 is 2.82 bits per heavy atom. The molecule has 0 unspecified atom stereocenters. The third-order valence-corrected chi connectivity index (χ3v) is 5.19. The third kappa shape index (κ3) is 2.03. The summed E-state index contributed by atoms with van der Waals surface area (Å²) < 4.78 is 2.36. The number of hydrogen-bond donors (Lipinski definition) is 1. The predicted octanol–water partition coefficient (Wildman–Crippen LogP) is 3.22. The average molecular weight is 312 g/mol. The van der Waals surface area contributed by atoms with Crippen molar-refractivity contribution in [3.63, 3.8) is 0 Å². The topological polar surface area (TPSA) is 72.3 Å². The monoisotopic (exact) mass is 312 g/mol. The molecule has 22 heavy (non-hydrogen) atoms. The van der Waals surface area contributed by atoms with E-state index in [4.69, 9.17) is 0 Å². The molecule has 5 rings (SSSR count). The van der Waals surface area contributed by atoms with Gasteiger partial charge in [-0.3, -0.25) is 0 Å². The molecule has 1 N–H and O–H groups in total. The number of rotatable bonds is 4. The molecule has 3 aromatic heterocycles. The van der Waals surface area contributed by atoms with Gasteiger partial charge in [-0.15, -0.1) is 10.2 Å². The molecule has 7 heteroatoms. The van der Waals surface area contributed by atoms with Crippen LogP contribution in [0.15, 0.2) is 22.4 Å². The SMILES string of the molecule is Cc1nc(Sc2nnc(C3CC3)n2C2CC2)c2cc[nH]c2n1. The molecule has 0 spiro atoms. The summed E-state index contributed by atoms with van der Waals surface area (Å²) in [6.07, 6.45) is 6.90. The van der Waals surface area contributed by atoms with Crippen LogP contribution >= 0.6 is 11.8 Å². The van der Waals surface area contributed by atoms with E-state index in [1.807, 2.05) is 19.2 Å². The summed E-state index contributed by atoms with van der Waals surface area (Å²) in [5.41, 5.74) is 0.884. The van der Waals surface area contributed by atoms with Crippen molar-refractivity contribution in [3.05, 3.63) is 23.9 Å². The van der Waals surface area contributed by atoms with Crippen LogP contribution in [0.5, 0.6) is 0 Å². The van der Waals surface area contributed by atoms with E-state index in [1.54, 1.807) is 11.8 Å². The van der Waals surface area contributed by atoms with E-state index in [0.717, 1.165) is 27.0 Å². The molecule has 2 saturated carbocycles. The summed E-state index contributed by atoms with van der Waals surface area (Å²) in [6, 6.07) is 2.62. The molecule has 3 aromatic rings. The maximum atomic E-state index is 4.61. The van der Waals surface area contributed by atoms with Gasteiger partial charge in [0, 0.05) is 18.2 Å². The molecule has 0 aromatic carbocycles. The zero-order chi connectivity index (χ0) is 14.7. The van der Waals surface area contributed by atoms with Crippen LogP contribution < -0.4 is 0 Å². The first-order chi connectivity index (χ1) is 10.8. The number of aromatic nitrogens is 6. The van der Waals surface area contributed by atoms with Crippen LogP contribution in [0.4, 0.5) is 0 Å². The lowest BCUT2D eigenvalue weighted by atomic mass is 10.4. The molecule has 3 heterocycles. The predicted molar refractivity (Wildman–Crippen MR) is 83.0 cm³/mol. The summed E-state index contributed by atoms with van der Waals surface area (Å²) in [5, 5.41) is 11.9. The molecule has 0 bridgehead atoms. The fraction of sp³-hybridized carbons (Fsp3) is 0.467. The van der Waals surface area contributed by atoms with E-state index in [0.29, 0.717) is 12.0 Å². The molecule has 6 nitrogen and oxygen atoms in total. The van der Waals surface area contributed by atoms with Gasteiger partial charge in [0.15, 0.2) is 5.16 Å². The summed E-state index contributed by atoms with van der Waals surface area (Å²) in [6.45, 7) is 1.92. The normalized spacial score (nSPS) is 18.2. The van der Waals surface area contributed by atoms with Gasteiger partial charge in [-0.25, -0.2) is 9.97 Å². The highest BCUT2D eigenvalue weighted by Gasteiger charge is 2.36. The zero-order valence-corrected chi connectivity index (χ0v) is 13.1. The number of nitrogens with one attached hydrogen (secondary N) is 1. The van der Waals surface area contributed by atoms with Crippen molar-refractivity contribution in [1.82, 2.24) is 29.7 Å². The van der Waals surface area contributed by atoms with Crippen LogP contribution in [0.2, 0.25) is 0 Å². The van der Waals surface area contributed by atoms with Gasteiger partial charge in [0.25, 0.3) is 0 Å². The van der Waals surface area contributed by atoms with Crippen LogP contribution in [-0.2, 0) is 0 Å². The Labute approximate surface area is 131 Å². The second-order valence-electron chi connectivity index (χ2n) is 6.13. The number of aromatic amines is 1. The Morgan fingerprint density at radius 1 is 1.18 bits per heavy atom. The van der Waals surface area contributed by atoms with Crippen LogP contribution in [0.25, 0.3) is 11.0 Å². The highest BCUT2D eigenvalue weighted by molar-refractivity contribution is 7.99. The van der Waals surface area contributed by atoms with Gasteiger partial charge in [0.05, 0.1) is 5.39 Å². The maximum Gasteiger partial charge on any atom is 0.197 e. The van der Waals surface area contributed by atoms with Crippen molar-refractivity contribution >= 4 is 22.8 Å². The van der Waals surface area contributed by atoms with Crippen molar-refractivity contribution < 1.29 is 0 Å². The molecule has 0 atom stereocenters. The third-order valence-electron chi connectivity index (χ3n) is 4.23. The van der Waals surface area contributed by atoms with E-state index < -0.39 is 0 Å². The lowest BCUT2D eigenvalue weighted by Gasteiger charge is -2.08. The zero-order valence-electron chi connectivity index (χ0n) is 12.3. The van der Waals surface area contributed by atoms with Crippen molar-refractivity contribution in [2.75, 3.05) is 0 Å². The molecule has 2 aliphatic carbocycles. The Kier molecular flexibility index (Phi) is 2.61. The van der Waals surface area contributed by atoms with Crippen LogP contribution in [0.1, 0.15) is 49.3 Å². The van der Waals surface area contributed by atoms with Crippen LogP contribution in [-0.4, -0.2) is 29.7 Å². The van der Waals surface area contributed by atoms with Gasteiger partial charge in [0.2, 0.25) is 0 Å². The Morgan fingerprint density at radius 2 is 2.05 bits per heavy atom. The Balaban J connectivity index is 1.59. The second kappa shape index (κ2) is 4.55. The lowest BCUT2D eigenvalue weighted by Crippen LogP contribution is -2.02. The van der Waals surface area contributed by atoms with Gasteiger partial charge >= 0.3 is 0 Å². The van der Waals surface area contributed by atoms with Gasteiger partial charge in [-0.05, 0) is 50.4 Å². The first-order valence-electron chi connectivity index (χ1n) is 7.74. The fourth-order valence-electron chi connectivity index (χ4n) is 2.84. The van der Waals surface area contributed by atoms with E-state index >= 15 is 0 Å². The molecule has 0 radical (unpaired) electrons. The number of fused-ring (bicyclic) bond motifs is 1. The highest BCUT2D eigenvalue weighted by Crippen LogP contribution is 2.46. The maximum absolute atomic E-state index is 4.61. The van der Waals surface area contributed by atoms with E-state index in [2.05, 4.69) is 29.7 Å². The summed E-state index contributed by atoms with van der Waals surface area (Å²) >= 11 is 1.62. The summed E-state index contributed by atoms with van der Waals surface area (Å²) in [7, 11) is 0. The smallest absolute Gasteiger partial charge is 0.197 e. The second-order valence-corrected chi connectivity index (χ2v) is 7.09. The number of H-pyrrole nitrogens is 1. The minimum absolute atomic E-state index is 0.595. The largest absolute Gasteiger partial charge is 0.346 e. The van der Waals surface area contributed by atoms with E-state index in [1.165, 1.54) is 31.5 Å². The Bertz CT molecular complexity index is 858. The van der Waals surface area contributed by atoms with Gasteiger partial charge in [-0.2, -0.15) is 0 Å². The van der Waals surface area contributed by atoms with Crippen molar-refractivity contribution in [3.8, 4) is 0 Å². The van der Waals surface area contributed by atoms with Crippen LogP contribution in [0.3, 0.4) is 0 Å². The standard InChI is InChI=1S/C15H16N6S/c1-8-17-12-11(6-7-16-12)14(18-8)22-15-20-19-13(9-2-3-9)21(15)10-4-5-10/h6-7,9-10H,2-5H2,1H3,(H,16,17,18). The minimum atomic E-state index is 0.595. The molecular formula is C15H16N6S. The molecule has 112 valence electrons. The van der Waals surface area contributed by atoms with E-state index in [-0.39, 0.29) is 0 Å². The average Bonchev–Trinajstić information content (AvgIpc) is 3.42. The summed E-state index contributed by atoms with van der Waals surface area (Å²) in [4.78, 5) is 12.2. The first-order valence-corrected chi connectivity index (χ1v) is 8.55. The number of aryl methyl sites for hydroxylation is 1. The van der Waals surface area contributed by atoms with Gasteiger partial charge in [-0.1, -0.05) is 0 Å². The highest BCUT2D eigenvalue weighted by atomic mass is 32.2. The Hall–Kier alpha value is -1.89.